The fourth-order valence-electron chi connectivity index (χ4n) is 1.82. The van der Waals surface area contributed by atoms with Crippen molar-refractivity contribution in [2.45, 2.75) is 45.5 Å². The van der Waals surface area contributed by atoms with E-state index in [1.807, 2.05) is 4.68 Å². The van der Waals surface area contributed by atoms with Crippen LogP contribution in [0.25, 0.3) is 0 Å². The predicted octanol–water partition coefficient (Wildman–Crippen LogP) is 3.68. The first-order valence-corrected chi connectivity index (χ1v) is 7.52. The monoisotopic (exact) mass is 305 g/mol. The first-order chi connectivity index (χ1) is 8.71. The highest BCUT2D eigenvalue weighted by Gasteiger charge is 2.23. The third-order valence-corrected chi connectivity index (χ3v) is 4.42. The van der Waals surface area contributed by atoms with Gasteiger partial charge >= 0.3 is 0 Å². The van der Waals surface area contributed by atoms with Crippen molar-refractivity contribution in [3.63, 3.8) is 0 Å². The van der Waals surface area contributed by atoms with Crippen LogP contribution in [0.5, 0.6) is 0 Å². The molecule has 1 unspecified atom stereocenters. The van der Waals surface area contributed by atoms with E-state index in [-0.39, 0.29) is 10.8 Å². The number of hydrogen-bond acceptors (Lipinski definition) is 2. The standard InChI is InChI=1S/C14H25Cl2N3/c1-14(2,3)13(16)7-6-12-11(15)10-17-19(12)9-8-18(4)5/h10,13H,6-9H2,1-5H3. The molecule has 0 saturated carbocycles. The lowest BCUT2D eigenvalue weighted by Crippen LogP contribution is -2.23. The molecule has 0 N–H and O–H groups in total. The fraction of sp³-hybridized carbons (Fsp3) is 0.786. The largest absolute Gasteiger partial charge is 0.308 e. The van der Waals surface area contributed by atoms with E-state index >= 15 is 0 Å². The molecule has 0 aliphatic heterocycles. The van der Waals surface area contributed by atoms with Crippen LogP contribution in [0.4, 0.5) is 0 Å². The Hall–Kier alpha value is -0.250. The third kappa shape index (κ3) is 5.33. The highest BCUT2D eigenvalue weighted by atomic mass is 35.5. The average Bonchev–Trinajstić information content (AvgIpc) is 2.63. The van der Waals surface area contributed by atoms with Crippen molar-refractivity contribution in [1.82, 2.24) is 14.7 Å². The molecule has 0 fully saturated rings. The Labute approximate surface area is 126 Å². The molecular formula is C14H25Cl2N3. The SMILES string of the molecule is CN(C)CCn1ncc(Cl)c1CCC(Cl)C(C)(C)C. The van der Waals surface area contributed by atoms with Crippen molar-refractivity contribution < 1.29 is 0 Å². The summed E-state index contributed by atoms with van der Waals surface area (Å²) in [6.45, 7) is 8.30. The molecule has 0 spiro atoms. The van der Waals surface area contributed by atoms with Crippen LogP contribution >= 0.6 is 23.2 Å². The van der Waals surface area contributed by atoms with Crippen molar-refractivity contribution in [1.29, 1.82) is 0 Å². The topological polar surface area (TPSA) is 21.1 Å². The zero-order valence-electron chi connectivity index (χ0n) is 12.6. The lowest BCUT2D eigenvalue weighted by atomic mass is 9.89. The Balaban J connectivity index is 2.64. The summed E-state index contributed by atoms with van der Waals surface area (Å²) in [7, 11) is 4.11. The molecule has 0 radical (unpaired) electrons. The highest BCUT2D eigenvalue weighted by Crippen LogP contribution is 2.29. The zero-order valence-corrected chi connectivity index (χ0v) is 14.1. The van der Waals surface area contributed by atoms with E-state index in [1.165, 1.54) is 0 Å². The van der Waals surface area contributed by atoms with E-state index in [0.29, 0.717) is 0 Å². The minimum absolute atomic E-state index is 0.114. The van der Waals surface area contributed by atoms with E-state index in [0.717, 1.165) is 36.6 Å². The molecule has 0 aliphatic rings. The Kier molecular flexibility index (Phi) is 6.15. The molecule has 1 atom stereocenters. The summed E-state index contributed by atoms with van der Waals surface area (Å²) >= 11 is 12.6. The normalized spacial score (nSPS) is 14.1. The van der Waals surface area contributed by atoms with Gasteiger partial charge in [0.2, 0.25) is 0 Å². The van der Waals surface area contributed by atoms with Gasteiger partial charge in [0.15, 0.2) is 0 Å². The number of halogens is 2. The second-order valence-electron chi connectivity index (χ2n) is 6.34. The van der Waals surface area contributed by atoms with E-state index in [9.17, 15) is 0 Å². The summed E-state index contributed by atoms with van der Waals surface area (Å²) in [6, 6.07) is 0. The average molecular weight is 306 g/mol. The van der Waals surface area contributed by atoms with Crippen LogP contribution in [0.1, 0.15) is 32.9 Å². The van der Waals surface area contributed by atoms with Crippen LogP contribution in [-0.4, -0.2) is 40.7 Å². The van der Waals surface area contributed by atoms with Crippen molar-refractivity contribution in [2.75, 3.05) is 20.6 Å². The van der Waals surface area contributed by atoms with E-state index in [4.69, 9.17) is 23.2 Å². The van der Waals surface area contributed by atoms with Crippen LogP contribution in [0, 0.1) is 5.41 Å². The van der Waals surface area contributed by atoms with Crippen LogP contribution in [0.15, 0.2) is 6.20 Å². The number of rotatable bonds is 6. The zero-order chi connectivity index (χ0) is 14.6. The van der Waals surface area contributed by atoms with Gasteiger partial charge in [-0.25, -0.2) is 0 Å². The summed E-state index contributed by atoms with van der Waals surface area (Å²) in [5.74, 6) is 0. The van der Waals surface area contributed by atoms with Gasteiger partial charge in [0.05, 0.1) is 23.5 Å². The number of hydrogen-bond donors (Lipinski definition) is 0. The second kappa shape index (κ2) is 6.96. The molecule has 3 nitrogen and oxygen atoms in total. The maximum atomic E-state index is 6.43. The number of alkyl halides is 1. The van der Waals surface area contributed by atoms with E-state index in [1.54, 1.807) is 6.20 Å². The van der Waals surface area contributed by atoms with Gasteiger partial charge in [0.1, 0.15) is 0 Å². The Morgan fingerprint density at radius 1 is 1.37 bits per heavy atom. The molecule has 0 aromatic carbocycles. The van der Waals surface area contributed by atoms with Crippen molar-refractivity contribution in [3.8, 4) is 0 Å². The van der Waals surface area contributed by atoms with Crippen LogP contribution < -0.4 is 0 Å². The quantitative estimate of drug-likeness (QED) is 0.748. The van der Waals surface area contributed by atoms with Gasteiger partial charge in [-0.2, -0.15) is 5.10 Å². The second-order valence-corrected chi connectivity index (χ2v) is 7.27. The molecule has 19 heavy (non-hydrogen) atoms. The third-order valence-electron chi connectivity index (χ3n) is 3.23. The highest BCUT2D eigenvalue weighted by molar-refractivity contribution is 6.31. The van der Waals surface area contributed by atoms with E-state index in [2.05, 4.69) is 44.9 Å². The number of aromatic nitrogens is 2. The molecule has 0 aliphatic carbocycles. The summed E-state index contributed by atoms with van der Waals surface area (Å²) < 4.78 is 1.99. The van der Waals surface area contributed by atoms with Gasteiger partial charge in [0, 0.05) is 11.9 Å². The lowest BCUT2D eigenvalue weighted by molar-refractivity contribution is 0.359. The summed E-state index contributed by atoms with van der Waals surface area (Å²) in [5, 5.41) is 5.23. The van der Waals surface area contributed by atoms with Gasteiger partial charge in [-0.1, -0.05) is 32.4 Å². The van der Waals surface area contributed by atoms with Crippen molar-refractivity contribution in [2.24, 2.45) is 5.41 Å². The molecular weight excluding hydrogens is 281 g/mol. The Morgan fingerprint density at radius 2 is 2.00 bits per heavy atom. The van der Waals surface area contributed by atoms with Gasteiger partial charge < -0.3 is 4.90 Å². The fourth-order valence-corrected chi connectivity index (χ4v) is 2.17. The van der Waals surface area contributed by atoms with Crippen molar-refractivity contribution in [3.05, 3.63) is 16.9 Å². The summed E-state index contributed by atoms with van der Waals surface area (Å²) in [4.78, 5) is 2.14. The molecule has 0 bridgehead atoms. The first kappa shape index (κ1) is 16.8. The molecule has 1 aromatic heterocycles. The number of nitrogens with zero attached hydrogens (tertiary/aromatic N) is 3. The maximum absolute atomic E-state index is 6.43. The molecule has 1 heterocycles. The smallest absolute Gasteiger partial charge is 0.0817 e. The molecule has 0 amide bonds. The van der Waals surface area contributed by atoms with Crippen molar-refractivity contribution >= 4 is 23.2 Å². The van der Waals surface area contributed by atoms with Gasteiger partial charge in [-0.3, -0.25) is 4.68 Å². The minimum atomic E-state index is 0.114. The first-order valence-electron chi connectivity index (χ1n) is 6.71. The lowest BCUT2D eigenvalue weighted by Gasteiger charge is -2.25. The number of likely N-dealkylation sites (N-methyl/N-ethyl adjacent to an activating group) is 1. The van der Waals surface area contributed by atoms with E-state index < -0.39 is 0 Å². The molecule has 5 heteroatoms. The van der Waals surface area contributed by atoms with Crippen LogP contribution in [0.2, 0.25) is 5.02 Å². The van der Waals surface area contributed by atoms with Crippen LogP contribution in [-0.2, 0) is 13.0 Å². The summed E-state index contributed by atoms with van der Waals surface area (Å²) in [6.07, 6.45) is 3.52. The molecule has 0 saturated heterocycles. The minimum Gasteiger partial charge on any atom is -0.308 e. The van der Waals surface area contributed by atoms with Gasteiger partial charge in [-0.15, -0.1) is 11.6 Å². The van der Waals surface area contributed by atoms with Gasteiger partial charge in [0.25, 0.3) is 0 Å². The molecule has 1 aromatic rings. The summed E-state index contributed by atoms with van der Waals surface area (Å²) in [5.41, 5.74) is 1.21. The molecule has 110 valence electrons. The Bertz CT molecular complexity index is 394. The Morgan fingerprint density at radius 3 is 2.53 bits per heavy atom. The maximum Gasteiger partial charge on any atom is 0.0817 e. The molecule has 1 rings (SSSR count). The van der Waals surface area contributed by atoms with Gasteiger partial charge in [-0.05, 0) is 32.4 Å². The van der Waals surface area contributed by atoms with Crippen LogP contribution in [0.3, 0.4) is 0 Å². The predicted molar refractivity (Wildman–Crippen MR) is 83.2 cm³/mol.